The second-order valence-electron chi connectivity index (χ2n) is 4.03. The van der Waals surface area contributed by atoms with Gasteiger partial charge in [-0.15, -0.1) is 0 Å². The number of amides is 2. The summed E-state index contributed by atoms with van der Waals surface area (Å²) < 4.78 is 0.913. The van der Waals surface area contributed by atoms with Gasteiger partial charge in [0.1, 0.15) is 6.04 Å². The Hall–Kier alpha value is -1.11. The lowest BCUT2D eigenvalue weighted by atomic mass is 10.1. The summed E-state index contributed by atoms with van der Waals surface area (Å²) in [5.74, 6) is -0.393. The smallest absolute Gasteiger partial charge is 0.253 e. The van der Waals surface area contributed by atoms with Gasteiger partial charge in [0.2, 0.25) is 5.91 Å². The zero-order chi connectivity index (χ0) is 13.7. The predicted molar refractivity (Wildman–Crippen MR) is 79.5 cm³/mol. The Kier molecular flexibility index (Phi) is 5.58. The molecular formula is C13H17IN2O2. The molecule has 0 fully saturated rings. The van der Waals surface area contributed by atoms with E-state index in [9.17, 15) is 9.59 Å². The zero-order valence-electron chi connectivity index (χ0n) is 10.7. The molecule has 1 atom stereocenters. The highest BCUT2D eigenvalue weighted by molar-refractivity contribution is 14.1. The summed E-state index contributed by atoms with van der Waals surface area (Å²) in [5.41, 5.74) is 1.65. The number of hydrogen-bond donors (Lipinski definition) is 2. The van der Waals surface area contributed by atoms with Crippen LogP contribution in [-0.4, -0.2) is 24.4 Å². The fourth-order valence-corrected chi connectivity index (χ4v) is 2.09. The average Bonchev–Trinajstić information content (AvgIpc) is 2.32. The summed E-state index contributed by atoms with van der Waals surface area (Å²) >= 11 is 2.14. The van der Waals surface area contributed by atoms with Crippen LogP contribution < -0.4 is 10.6 Å². The topological polar surface area (TPSA) is 58.2 Å². The van der Waals surface area contributed by atoms with Crippen LogP contribution in [0.3, 0.4) is 0 Å². The molecule has 0 aromatic heterocycles. The third kappa shape index (κ3) is 3.69. The Bertz CT molecular complexity index is 460. The van der Waals surface area contributed by atoms with Crippen molar-refractivity contribution >= 4 is 34.4 Å². The average molecular weight is 360 g/mol. The van der Waals surface area contributed by atoms with Crippen LogP contribution in [0, 0.1) is 10.5 Å². The van der Waals surface area contributed by atoms with E-state index in [-0.39, 0.29) is 11.8 Å². The number of halogens is 1. The van der Waals surface area contributed by atoms with E-state index < -0.39 is 6.04 Å². The molecule has 2 N–H and O–H groups in total. The van der Waals surface area contributed by atoms with Crippen LogP contribution in [0.1, 0.15) is 29.8 Å². The van der Waals surface area contributed by atoms with Crippen molar-refractivity contribution in [2.24, 2.45) is 0 Å². The largest absolute Gasteiger partial charge is 0.355 e. The minimum atomic E-state index is -0.534. The fourth-order valence-electron chi connectivity index (χ4n) is 1.49. The predicted octanol–water partition coefficient (Wildman–Crippen LogP) is 1.85. The molecule has 0 aliphatic carbocycles. The van der Waals surface area contributed by atoms with Gasteiger partial charge in [0.15, 0.2) is 0 Å². The minimum Gasteiger partial charge on any atom is -0.355 e. The number of likely N-dealkylation sites (N-methyl/N-ethyl adjacent to an activating group) is 1. The van der Waals surface area contributed by atoms with E-state index in [2.05, 4.69) is 33.2 Å². The lowest BCUT2D eigenvalue weighted by Crippen LogP contribution is -2.44. The number of rotatable bonds is 4. The lowest BCUT2D eigenvalue weighted by Gasteiger charge is -2.14. The molecule has 18 heavy (non-hydrogen) atoms. The third-order valence-electron chi connectivity index (χ3n) is 2.53. The van der Waals surface area contributed by atoms with Gasteiger partial charge >= 0.3 is 0 Å². The van der Waals surface area contributed by atoms with Gasteiger partial charge < -0.3 is 10.6 Å². The molecular weight excluding hydrogens is 343 g/mol. The van der Waals surface area contributed by atoms with Crippen LogP contribution in [0.4, 0.5) is 0 Å². The van der Waals surface area contributed by atoms with Crippen LogP contribution >= 0.6 is 22.6 Å². The van der Waals surface area contributed by atoms with Gasteiger partial charge in [-0.2, -0.15) is 0 Å². The van der Waals surface area contributed by atoms with E-state index in [1.807, 2.05) is 26.0 Å². The van der Waals surface area contributed by atoms with E-state index in [0.29, 0.717) is 12.1 Å². The van der Waals surface area contributed by atoms with E-state index in [0.717, 1.165) is 9.13 Å². The standard InChI is InChI=1S/C13H17IN2O2/c1-4-15-12(17)9(3)16-13(18)10-7-5-6-8(2)11(10)14/h5-7,9H,4H2,1-3H3,(H,15,17)(H,16,18). The number of carbonyl (C=O) groups excluding carboxylic acids is 2. The van der Waals surface area contributed by atoms with Crippen molar-refractivity contribution in [3.05, 3.63) is 32.9 Å². The van der Waals surface area contributed by atoms with Crippen LogP contribution in [0.2, 0.25) is 0 Å². The van der Waals surface area contributed by atoms with E-state index in [1.165, 1.54) is 0 Å². The summed E-state index contributed by atoms with van der Waals surface area (Å²) in [6, 6.07) is 5.01. The van der Waals surface area contributed by atoms with Crippen molar-refractivity contribution in [3.8, 4) is 0 Å². The summed E-state index contributed by atoms with van der Waals surface area (Å²) in [6.07, 6.45) is 0. The SMILES string of the molecule is CCNC(=O)C(C)NC(=O)c1cccc(C)c1I. The summed E-state index contributed by atoms with van der Waals surface area (Å²) in [4.78, 5) is 23.6. The van der Waals surface area contributed by atoms with Gasteiger partial charge in [-0.05, 0) is 55.0 Å². The molecule has 0 aliphatic rings. The minimum absolute atomic E-state index is 0.173. The number of carbonyl (C=O) groups is 2. The molecule has 0 spiro atoms. The van der Waals surface area contributed by atoms with Crippen molar-refractivity contribution in [2.75, 3.05) is 6.54 Å². The summed E-state index contributed by atoms with van der Waals surface area (Å²) in [7, 11) is 0. The molecule has 0 bridgehead atoms. The van der Waals surface area contributed by atoms with Gasteiger partial charge in [-0.25, -0.2) is 0 Å². The lowest BCUT2D eigenvalue weighted by molar-refractivity contribution is -0.122. The Morgan fingerprint density at radius 1 is 1.39 bits per heavy atom. The number of nitrogens with one attached hydrogen (secondary N) is 2. The molecule has 98 valence electrons. The molecule has 0 radical (unpaired) electrons. The van der Waals surface area contributed by atoms with Crippen molar-refractivity contribution in [1.82, 2.24) is 10.6 Å². The maximum absolute atomic E-state index is 12.0. The number of hydrogen-bond acceptors (Lipinski definition) is 2. The van der Waals surface area contributed by atoms with Crippen molar-refractivity contribution < 1.29 is 9.59 Å². The Morgan fingerprint density at radius 2 is 2.06 bits per heavy atom. The maximum Gasteiger partial charge on any atom is 0.253 e. The second-order valence-corrected chi connectivity index (χ2v) is 5.10. The molecule has 1 aromatic rings. The first-order valence-corrected chi connectivity index (χ1v) is 6.89. The van der Waals surface area contributed by atoms with Gasteiger partial charge in [-0.1, -0.05) is 12.1 Å². The van der Waals surface area contributed by atoms with Crippen LogP contribution in [0.15, 0.2) is 18.2 Å². The first kappa shape index (κ1) is 14.9. The molecule has 1 rings (SSSR count). The van der Waals surface area contributed by atoms with Crippen LogP contribution in [0.5, 0.6) is 0 Å². The molecule has 2 amide bonds. The van der Waals surface area contributed by atoms with E-state index >= 15 is 0 Å². The number of aryl methyl sites for hydroxylation is 1. The Labute approximate surface area is 121 Å². The van der Waals surface area contributed by atoms with Gasteiger partial charge in [0.05, 0.1) is 5.56 Å². The molecule has 4 nitrogen and oxygen atoms in total. The second kappa shape index (κ2) is 6.72. The van der Waals surface area contributed by atoms with Gasteiger partial charge in [0, 0.05) is 10.1 Å². The van der Waals surface area contributed by atoms with Gasteiger partial charge in [-0.3, -0.25) is 9.59 Å². The Balaban J connectivity index is 2.77. The summed E-state index contributed by atoms with van der Waals surface area (Å²) in [5, 5.41) is 5.37. The normalized spacial score (nSPS) is 11.8. The van der Waals surface area contributed by atoms with Gasteiger partial charge in [0.25, 0.3) is 5.91 Å². The summed E-state index contributed by atoms with van der Waals surface area (Å²) in [6.45, 7) is 6.02. The highest BCUT2D eigenvalue weighted by Gasteiger charge is 2.17. The monoisotopic (exact) mass is 360 g/mol. The van der Waals surface area contributed by atoms with E-state index in [1.54, 1.807) is 13.0 Å². The quantitative estimate of drug-likeness (QED) is 0.806. The van der Waals surface area contributed by atoms with Crippen molar-refractivity contribution in [1.29, 1.82) is 0 Å². The highest BCUT2D eigenvalue weighted by Crippen LogP contribution is 2.16. The van der Waals surface area contributed by atoms with Crippen molar-refractivity contribution in [3.63, 3.8) is 0 Å². The molecule has 0 heterocycles. The molecule has 0 aliphatic heterocycles. The highest BCUT2D eigenvalue weighted by atomic mass is 127. The first-order valence-electron chi connectivity index (χ1n) is 5.81. The third-order valence-corrected chi connectivity index (χ3v) is 3.96. The molecule has 1 unspecified atom stereocenters. The maximum atomic E-state index is 12.0. The molecule has 1 aromatic carbocycles. The molecule has 0 saturated heterocycles. The zero-order valence-corrected chi connectivity index (χ0v) is 12.9. The number of benzene rings is 1. The van der Waals surface area contributed by atoms with Crippen molar-refractivity contribution in [2.45, 2.75) is 26.8 Å². The molecule has 0 saturated carbocycles. The van der Waals surface area contributed by atoms with Crippen LogP contribution in [0.25, 0.3) is 0 Å². The molecule has 5 heteroatoms. The Morgan fingerprint density at radius 3 is 2.67 bits per heavy atom. The van der Waals surface area contributed by atoms with E-state index in [4.69, 9.17) is 0 Å². The first-order chi connectivity index (χ1) is 8.47. The fraction of sp³-hybridized carbons (Fsp3) is 0.385. The van der Waals surface area contributed by atoms with Crippen LogP contribution in [-0.2, 0) is 4.79 Å².